The lowest BCUT2D eigenvalue weighted by Crippen LogP contribution is -2.03. The molecular formula is C4H7BrClNO. The summed E-state index contributed by atoms with van der Waals surface area (Å²) in [6.45, 7) is 2.49. The lowest BCUT2D eigenvalue weighted by Gasteiger charge is -1.98. The van der Waals surface area contributed by atoms with Gasteiger partial charge in [0.1, 0.15) is 0 Å². The van der Waals surface area contributed by atoms with Crippen LogP contribution in [0.3, 0.4) is 0 Å². The number of alkyl halides is 1. The molecule has 0 rings (SSSR count). The lowest BCUT2D eigenvalue weighted by molar-refractivity contribution is 0.327. The van der Waals surface area contributed by atoms with Gasteiger partial charge in [0.05, 0.1) is 11.9 Å². The first-order valence-corrected chi connectivity index (χ1v) is 3.67. The molecule has 0 bridgehead atoms. The van der Waals surface area contributed by atoms with E-state index in [1.54, 1.807) is 0 Å². The van der Waals surface area contributed by atoms with Crippen molar-refractivity contribution in [1.29, 1.82) is 0 Å². The lowest BCUT2D eigenvalue weighted by atomic mass is 10.7. The Morgan fingerprint density at radius 2 is 2.50 bits per heavy atom. The van der Waals surface area contributed by atoms with Gasteiger partial charge >= 0.3 is 0 Å². The van der Waals surface area contributed by atoms with Gasteiger partial charge in [-0.05, 0) is 6.92 Å². The second-order valence-electron chi connectivity index (χ2n) is 1.04. The second-order valence-corrected chi connectivity index (χ2v) is 1.77. The van der Waals surface area contributed by atoms with Crippen molar-refractivity contribution in [2.75, 3.05) is 11.9 Å². The monoisotopic (exact) mass is 199 g/mol. The van der Waals surface area contributed by atoms with Crippen LogP contribution in [-0.4, -0.2) is 17.8 Å². The third kappa shape index (κ3) is 3.27. The highest BCUT2D eigenvalue weighted by Crippen LogP contribution is 1.91. The zero-order valence-electron chi connectivity index (χ0n) is 4.53. The topological polar surface area (TPSA) is 21.6 Å². The highest BCUT2D eigenvalue weighted by Gasteiger charge is 1.91. The van der Waals surface area contributed by atoms with Crippen molar-refractivity contribution in [2.24, 2.45) is 4.51 Å². The molecular weight excluding hydrogens is 193 g/mol. The number of nitrogens with zero attached hydrogens (tertiary/aromatic N) is 1. The van der Waals surface area contributed by atoms with Crippen LogP contribution in [0.25, 0.3) is 0 Å². The summed E-state index contributed by atoms with van der Waals surface area (Å²) in [6.07, 6.45) is 0. The maximum absolute atomic E-state index is 5.08. The number of ether oxygens (including phenoxy) is 1. The highest BCUT2D eigenvalue weighted by molar-refractivity contribution is 9.09. The fraction of sp³-hybridized carbons (Fsp3) is 0.750. The zero-order chi connectivity index (χ0) is 6.41. The fourth-order valence-electron chi connectivity index (χ4n) is 0.252. The minimum absolute atomic E-state index is 0.522. The van der Waals surface area contributed by atoms with Gasteiger partial charge in [-0.3, -0.25) is 0 Å². The van der Waals surface area contributed by atoms with Crippen molar-refractivity contribution in [3.63, 3.8) is 0 Å². The molecule has 0 saturated carbocycles. The molecule has 4 heteroatoms. The quantitative estimate of drug-likeness (QED) is 0.379. The SMILES string of the molecule is CCO/C(CBr)=N\Cl. The van der Waals surface area contributed by atoms with Crippen LogP contribution in [0.4, 0.5) is 0 Å². The molecule has 0 unspecified atom stereocenters. The molecule has 0 aliphatic carbocycles. The van der Waals surface area contributed by atoms with Crippen LogP contribution in [0.15, 0.2) is 4.51 Å². The van der Waals surface area contributed by atoms with E-state index in [9.17, 15) is 0 Å². The standard InChI is InChI=1S/C4H7BrClNO/c1-2-8-4(3-5)7-6/h2-3H2,1H3/b7-4-. The molecule has 0 aliphatic heterocycles. The summed E-state index contributed by atoms with van der Waals surface area (Å²) in [6, 6.07) is 0. The first-order valence-electron chi connectivity index (χ1n) is 2.21. The van der Waals surface area contributed by atoms with Crippen molar-refractivity contribution < 1.29 is 4.74 Å². The van der Waals surface area contributed by atoms with E-state index in [4.69, 9.17) is 16.5 Å². The Labute approximate surface area is 62.1 Å². The summed E-state index contributed by atoms with van der Waals surface area (Å²) in [5.74, 6) is 0.522. The largest absolute Gasteiger partial charge is 0.480 e. The van der Waals surface area contributed by atoms with Gasteiger partial charge in [-0.25, -0.2) is 0 Å². The van der Waals surface area contributed by atoms with Crippen LogP contribution >= 0.6 is 27.7 Å². The Kier molecular flexibility index (Phi) is 5.54. The van der Waals surface area contributed by atoms with Gasteiger partial charge in [-0.15, -0.1) is 4.51 Å². The molecule has 0 aliphatic rings. The summed E-state index contributed by atoms with van der Waals surface area (Å²) < 4.78 is 8.23. The Bertz CT molecular complexity index is 86.1. The molecule has 0 amide bonds. The van der Waals surface area contributed by atoms with Crippen LogP contribution in [0, 0.1) is 0 Å². The summed E-state index contributed by atoms with van der Waals surface area (Å²) >= 11 is 8.22. The first-order chi connectivity index (χ1) is 3.85. The number of hydrogen-bond donors (Lipinski definition) is 0. The Morgan fingerprint density at radius 3 is 2.62 bits per heavy atom. The average Bonchev–Trinajstić information content (AvgIpc) is 1.83. The molecule has 0 aromatic carbocycles. The van der Waals surface area contributed by atoms with Crippen LogP contribution in [0.1, 0.15) is 6.92 Å². The second kappa shape index (κ2) is 5.38. The predicted molar refractivity (Wildman–Crippen MR) is 38.7 cm³/mol. The first kappa shape index (κ1) is 8.24. The smallest absolute Gasteiger partial charge is 0.211 e. The van der Waals surface area contributed by atoms with E-state index in [0.717, 1.165) is 0 Å². The minimum atomic E-state index is 0.522. The molecule has 0 aromatic heterocycles. The van der Waals surface area contributed by atoms with E-state index in [2.05, 4.69) is 20.4 Å². The van der Waals surface area contributed by atoms with Crippen LogP contribution in [0.2, 0.25) is 0 Å². The summed E-state index contributed by atoms with van der Waals surface area (Å²) in [7, 11) is 0. The van der Waals surface area contributed by atoms with E-state index in [-0.39, 0.29) is 0 Å². The number of hydrogen-bond acceptors (Lipinski definition) is 2. The molecule has 0 spiro atoms. The highest BCUT2D eigenvalue weighted by atomic mass is 79.9. The van der Waals surface area contributed by atoms with Gasteiger partial charge in [-0.1, -0.05) is 15.9 Å². The van der Waals surface area contributed by atoms with Crippen molar-refractivity contribution in [2.45, 2.75) is 6.92 Å². The minimum Gasteiger partial charge on any atom is -0.480 e. The van der Waals surface area contributed by atoms with Crippen molar-refractivity contribution >= 4 is 33.6 Å². The predicted octanol–water partition coefficient (Wildman–Crippen LogP) is 1.97. The molecule has 48 valence electrons. The maximum Gasteiger partial charge on any atom is 0.211 e. The fourth-order valence-corrected chi connectivity index (χ4v) is 0.792. The molecule has 0 saturated heterocycles. The van der Waals surface area contributed by atoms with Crippen molar-refractivity contribution in [3.05, 3.63) is 0 Å². The molecule has 0 fully saturated rings. The van der Waals surface area contributed by atoms with E-state index in [1.165, 1.54) is 0 Å². The van der Waals surface area contributed by atoms with Crippen molar-refractivity contribution in [1.82, 2.24) is 0 Å². The van der Waals surface area contributed by atoms with Gasteiger partial charge in [0.15, 0.2) is 0 Å². The molecule has 2 nitrogen and oxygen atoms in total. The molecule has 0 aromatic rings. The van der Waals surface area contributed by atoms with E-state index in [1.807, 2.05) is 6.92 Å². The third-order valence-corrected chi connectivity index (χ3v) is 1.19. The number of halogens is 2. The zero-order valence-corrected chi connectivity index (χ0v) is 6.87. The third-order valence-electron chi connectivity index (χ3n) is 0.520. The molecule has 0 N–H and O–H groups in total. The van der Waals surface area contributed by atoms with E-state index < -0.39 is 0 Å². The van der Waals surface area contributed by atoms with E-state index in [0.29, 0.717) is 17.8 Å². The molecule has 8 heavy (non-hydrogen) atoms. The van der Waals surface area contributed by atoms with Crippen LogP contribution in [-0.2, 0) is 4.74 Å². The summed E-state index contributed by atoms with van der Waals surface area (Å²) in [5.41, 5.74) is 0. The summed E-state index contributed by atoms with van der Waals surface area (Å²) in [5, 5.41) is 0.574. The van der Waals surface area contributed by atoms with Gasteiger partial charge in [0.25, 0.3) is 0 Å². The van der Waals surface area contributed by atoms with Gasteiger partial charge in [0, 0.05) is 11.8 Å². The maximum atomic E-state index is 5.08. The van der Waals surface area contributed by atoms with E-state index >= 15 is 0 Å². The van der Waals surface area contributed by atoms with Gasteiger partial charge in [-0.2, -0.15) is 0 Å². The molecule has 0 atom stereocenters. The Balaban J connectivity index is 3.38. The molecule has 0 radical (unpaired) electrons. The number of rotatable bonds is 2. The van der Waals surface area contributed by atoms with Gasteiger partial charge < -0.3 is 4.74 Å². The van der Waals surface area contributed by atoms with Gasteiger partial charge in [0.2, 0.25) is 5.90 Å². The van der Waals surface area contributed by atoms with Crippen LogP contribution in [0.5, 0.6) is 0 Å². The molecule has 0 heterocycles. The normalized spacial score (nSPS) is 11.6. The van der Waals surface area contributed by atoms with Crippen molar-refractivity contribution in [3.8, 4) is 0 Å². The summed E-state index contributed by atoms with van der Waals surface area (Å²) in [4.78, 5) is 0. The Morgan fingerprint density at radius 1 is 1.88 bits per heavy atom. The average molecular weight is 200 g/mol. The van der Waals surface area contributed by atoms with Crippen LogP contribution < -0.4 is 0 Å². The Hall–Kier alpha value is 0.240.